The molecule has 1 aliphatic rings. The summed E-state index contributed by atoms with van der Waals surface area (Å²) in [6.45, 7) is 8.82. The molecule has 13 atom stereocenters. The summed E-state index contributed by atoms with van der Waals surface area (Å²) in [4.78, 5) is 180. The van der Waals surface area contributed by atoms with Crippen molar-refractivity contribution in [3.8, 4) is 0 Å². The number of guanidine groups is 2. The van der Waals surface area contributed by atoms with Gasteiger partial charge in [-0.15, -0.1) is 0 Å². The molecule has 1 aromatic carbocycles. The Hall–Kier alpha value is -8.52. The van der Waals surface area contributed by atoms with Gasteiger partial charge in [0.1, 0.15) is 66.5 Å². The highest BCUT2D eigenvalue weighted by atomic mass is 32.2. The first-order chi connectivity index (χ1) is 48.4. The molecule has 102 heavy (non-hydrogen) atoms. The zero-order chi connectivity index (χ0) is 76.3. The Balaban J connectivity index is 1.98. The molecular formula is C65H110N20O15S2. The topological polar surface area (TPSA) is 586 Å². The zero-order valence-corrected chi connectivity index (χ0v) is 61.0. The highest BCUT2D eigenvalue weighted by Crippen LogP contribution is 2.23. The number of carboxylic acids is 1. The van der Waals surface area contributed by atoms with E-state index >= 15 is 0 Å². The molecule has 0 aliphatic carbocycles. The number of H-pyrrole nitrogens is 1. The first-order valence-corrected chi connectivity index (χ1v) is 36.4. The molecule has 37 heteroatoms. The quantitative estimate of drug-likeness (QED) is 0.0129. The molecule has 0 radical (unpaired) electrons. The van der Waals surface area contributed by atoms with Crippen LogP contribution in [0.4, 0.5) is 0 Å². The van der Waals surface area contributed by atoms with Crippen LogP contribution >= 0.6 is 24.4 Å². The third-order valence-corrected chi connectivity index (χ3v) is 18.1. The van der Waals surface area contributed by atoms with Crippen LogP contribution in [0, 0.1) is 17.8 Å². The Morgan fingerprint density at radius 1 is 0.618 bits per heavy atom. The van der Waals surface area contributed by atoms with Crippen molar-refractivity contribution in [1.82, 2.24) is 63.1 Å². The molecular weight excluding hydrogens is 1360 g/mol. The van der Waals surface area contributed by atoms with Crippen molar-refractivity contribution in [2.24, 2.45) is 62.1 Å². The van der Waals surface area contributed by atoms with Crippen LogP contribution < -0.4 is 87.6 Å². The minimum Gasteiger partial charge on any atom is -0.480 e. The molecule has 0 spiro atoms. The van der Waals surface area contributed by atoms with Gasteiger partial charge in [0.2, 0.25) is 65.0 Å². The first-order valence-electron chi connectivity index (χ1n) is 34.4. The Morgan fingerprint density at radius 3 is 1.62 bits per heavy atom. The second-order valence-corrected chi connectivity index (χ2v) is 27.3. The molecule has 1 saturated heterocycles. The van der Waals surface area contributed by atoms with Crippen LogP contribution in [0.25, 0.3) is 10.9 Å². The number of hydrogen-bond acceptors (Lipinski definition) is 20. The number of para-hydroxylation sites is 1. The number of fused-ring (bicyclic) bond motifs is 1. The molecule has 2 heterocycles. The number of thiol groups is 1. The molecule has 0 unspecified atom stereocenters. The summed E-state index contributed by atoms with van der Waals surface area (Å²) in [5.74, 6) is -12.0. The number of likely N-dealkylation sites (tertiary alicyclic amines) is 1. The molecule has 1 aromatic heterocycles. The number of amides is 11. The molecule has 3 rings (SSSR count). The number of aromatic amines is 1. The number of rotatable bonds is 47. The van der Waals surface area contributed by atoms with Gasteiger partial charge < -0.3 is 113 Å². The van der Waals surface area contributed by atoms with E-state index in [4.69, 9.17) is 34.4 Å². The molecule has 572 valence electrons. The van der Waals surface area contributed by atoms with Gasteiger partial charge in [-0.05, 0) is 119 Å². The van der Waals surface area contributed by atoms with Crippen molar-refractivity contribution in [3.05, 3.63) is 36.0 Å². The Bertz CT molecular complexity index is 3170. The van der Waals surface area contributed by atoms with Crippen molar-refractivity contribution in [3.63, 3.8) is 0 Å². The van der Waals surface area contributed by atoms with E-state index in [1.54, 1.807) is 57.5 Å². The molecule has 35 nitrogen and oxygen atoms in total. The summed E-state index contributed by atoms with van der Waals surface area (Å²) < 4.78 is 0. The van der Waals surface area contributed by atoms with Gasteiger partial charge in [-0.25, -0.2) is 4.79 Å². The van der Waals surface area contributed by atoms with E-state index in [-0.39, 0.29) is 120 Å². The SMILES string of the molecule is CC[C@H](C)[C@H](N)C(=O)N[C@H](CC(C)C)C(=O)N[C@@H](CCCN=C(N)N)C(=O)N[C@@H](Cc1c[nH]c2ccccc12)C(=O)N[C@@H](CO)C(=O)N[C@@H](CCCN=C(N)N)C(=O)N[C@@H](CCCCN)C(=O)N[C@@H](CCSC)C(=O)N1CCC[C@H]1C(=O)N[C@@H](CS)C(=O)N[C@H](C(=O)N[C@@H](CO)C(=O)O)C(C)C. The molecule has 1 fully saturated rings. The second-order valence-electron chi connectivity index (χ2n) is 25.9. The number of carbonyl (C=O) groups is 12. The van der Waals surface area contributed by atoms with Crippen LogP contribution in [-0.2, 0) is 64.0 Å². The number of aliphatic carboxylic acids is 1. The number of nitrogens with zero attached hydrogens (tertiary/aromatic N) is 3. The van der Waals surface area contributed by atoms with Gasteiger partial charge in [-0.2, -0.15) is 24.4 Å². The predicted molar refractivity (Wildman–Crippen MR) is 389 cm³/mol. The molecule has 0 saturated carbocycles. The van der Waals surface area contributed by atoms with Crippen LogP contribution in [0.2, 0.25) is 0 Å². The van der Waals surface area contributed by atoms with Gasteiger partial charge >= 0.3 is 5.97 Å². The molecule has 11 amide bonds. The largest absolute Gasteiger partial charge is 0.480 e. The van der Waals surface area contributed by atoms with E-state index in [1.807, 2.05) is 20.8 Å². The minimum atomic E-state index is -1.81. The number of unbranched alkanes of at least 4 members (excludes halogenated alkanes) is 1. The lowest BCUT2D eigenvalue weighted by atomic mass is 9.97. The molecule has 2 aromatic rings. The van der Waals surface area contributed by atoms with E-state index in [0.29, 0.717) is 41.5 Å². The van der Waals surface area contributed by atoms with E-state index in [9.17, 15) is 72.9 Å². The monoisotopic (exact) mass is 1470 g/mol. The van der Waals surface area contributed by atoms with E-state index in [0.717, 1.165) is 0 Å². The number of carbonyl (C=O) groups excluding carboxylic acids is 11. The standard InChI is InChI=1S/C65H110N20O15S2/c1-8-36(6)50(67)60(96)80-44(28-34(2)3)55(91)76-42(20-14-25-73-65(70)71)54(90)79-45(29-37-30-74-39-17-10-9-16-38(37)39)56(92)81-46(31-86)57(93)77-41(19-13-24-72-64(68)69)52(88)75-40(18-11-12-23-66)53(89)78-43(22-27-102-7)62(98)85-26-15-21-49(85)59(95)83-48(33-101)58(94)84-51(35(4)5)61(97)82-47(32-87)63(99)100/h9-10,16-17,30,34-36,40-51,74,86-87,101H,8,11-15,18-29,31-33,66-67H2,1-7H3,(H,75,88)(H,76,91)(H,77,93)(H,78,89)(H,79,90)(H,80,96)(H,81,92)(H,82,97)(H,83,95)(H,84,94)(H,99,100)(H4,68,69,72)(H4,70,71,73)/t36-,40-,41-,42-,43-,44+,45-,46-,47-,48-,49-,50-,51-/m0/s1. The first kappa shape index (κ1) is 87.7. The number of nitrogens with two attached hydrogens (primary N) is 6. The number of aliphatic imine (C=N–C) groups is 2. The number of aliphatic hydroxyl groups excluding tert-OH is 2. The maximum absolute atomic E-state index is 14.8. The van der Waals surface area contributed by atoms with Crippen molar-refractivity contribution in [2.45, 2.75) is 198 Å². The summed E-state index contributed by atoms with van der Waals surface area (Å²) in [6.07, 6.45) is 5.06. The number of nitrogens with one attached hydrogen (secondary N) is 11. The summed E-state index contributed by atoms with van der Waals surface area (Å²) in [6, 6.07) is -9.31. The van der Waals surface area contributed by atoms with Crippen molar-refractivity contribution in [2.75, 3.05) is 57.2 Å². The number of benzene rings is 1. The lowest BCUT2D eigenvalue weighted by Crippen LogP contribution is -2.61. The van der Waals surface area contributed by atoms with Crippen LogP contribution in [0.15, 0.2) is 40.4 Å². The normalized spacial score (nSPS) is 16.3. The summed E-state index contributed by atoms with van der Waals surface area (Å²) in [5, 5.41) is 56.4. The van der Waals surface area contributed by atoms with Crippen molar-refractivity contribution >= 4 is 118 Å². The predicted octanol–water partition coefficient (Wildman–Crippen LogP) is -4.39. The second kappa shape index (κ2) is 45.5. The maximum Gasteiger partial charge on any atom is 0.328 e. The fourth-order valence-electron chi connectivity index (χ4n) is 11.0. The van der Waals surface area contributed by atoms with Gasteiger partial charge in [-0.1, -0.05) is 66.2 Å². The number of thioether (sulfide) groups is 1. The zero-order valence-electron chi connectivity index (χ0n) is 59.3. The average molecular weight is 1480 g/mol. The van der Waals surface area contributed by atoms with Crippen molar-refractivity contribution in [1.29, 1.82) is 0 Å². The minimum absolute atomic E-state index is 0.0302. The van der Waals surface area contributed by atoms with Crippen LogP contribution in [-0.4, -0.2) is 238 Å². The number of carboxylic acid groups (broad SMARTS) is 1. The molecule has 0 bridgehead atoms. The molecule has 1 aliphatic heterocycles. The number of aromatic nitrogens is 1. The Labute approximate surface area is 604 Å². The third-order valence-electron chi connectivity index (χ3n) is 17.1. The summed E-state index contributed by atoms with van der Waals surface area (Å²) in [7, 11) is 0. The maximum atomic E-state index is 14.8. The molecule has 26 N–H and O–H groups in total. The number of hydrogen-bond donors (Lipinski definition) is 21. The van der Waals surface area contributed by atoms with Gasteiger partial charge in [-0.3, -0.25) is 62.7 Å². The fourth-order valence-corrected chi connectivity index (χ4v) is 11.8. The van der Waals surface area contributed by atoms with Gasteiger partial charge in [0, 0.05) is 48.9 Å². The van der Waals surface area contributed by atoms with E-state index in [2.05, 4.69) is 80.8 Å². The van der Waals surface area contributed by atoms with Crippen LogP contribution in [0.5, 0.6) is 0 Å². The fraction of sp³-hybridized carbons (Fsp3) is 0.662. The van der Waals surface area contributed by atoms with E-state index < -0.39 is 163 Å². The van der Waals surface area contributed by atoms with Crippen LogP contribution in [0.3, 0.4) is 0 Å². The van der Waals surface area contributed by atoms with Gasteiger partial charge in [0.05, 0.1) is 19.3 Å². The van der Waals surface area contributed by atoms with E-state index in [1.165, 1.54) is 16.7 Å². The highest BCUT2D eigenvalue weighted by Gasteiger charge is 2.41. The Morgan fingerprint density at radius 2 is 1.11 bits per heavy atom. The van der Waals surface area contributed by atoms with Crippen LogP contribution in [0.1, 0.15) is 124 Å². The third kappa shape index (κ3) is 29.1. The number of aliphatic hydroxyl groups is 2. The summed E-state index contributed by atoms with van der Waals surface area (Å²) >= 11 is 5.62. The van der Waals surface area contributed by atoms with Gasteiger partial charge in [0.25, 0.3) is 0 Å². The summed E-state index contributed by atoms with van der Waals surface area (Å²) in [5.41, 5.74) is 35.7. The Kier molecular flexibility index (Phi) is 39.1. The smallest absolute Gasteiger partial charge is 0.328 e. The average Bonchev–Trinajstić information content (AvgIpc) is 1.68. The van der Waals surface area contributed by atoms with Crippen molar-refractivity contribution < 1.29 is 72.9 Å². The van der Waals surface area contributed by atoms with Gasteiger partial charge in [0.15, 0.2) is 11.9 Å². The lowest BCUT2D eigenvalue weighted by Gasteiger charge is -2.31. The highest BCUT2D eigenvalue weighted by molar-refractivity contribution is 7.98. The lowest BCUT2D eigenvalue weighted by molar-refractivity contribution is -0.144.